The van der Waals surface area contributed by atoms with Crippen LogP contribution in [0.25, 0.3) is 10.8 Å². The average molecular weight is 406 g/mol. The standard InChI is InChI=1S/C21H14F4O4/c1-2-9-27-14-5-3-12(4-6-14)20(26)28-15-7-8-16-13(10-15)11-17(22)19(18(16)23)29-21(24)25/h2-8,10-11,21H,1,9H2. The number of rotatable bonds is 7. The molecule has 0 spiro atoms. The van der Waals surface area contributed by atoms with Crippen molar-refractivity contribution in [1.82, 2.24) is 0 Å². The van der Waals surface area contributed by atoms with E-state index in [0.717, 1.165) is 6.07 Å². The number of benzene rings is 3. The zero-order valence-electron chi connectivity index (χ0n) is 14.8. The summed E-state index contributed by atoms with van der Waals surface area (Å²) in [7, 11) is 0. The number of ether oxygens (including phenoxy) is 3. The lowest BCUT2D eigenvalue weighted by Gasteiger charge is -2.11. The Morgan fingerprint density at radius 1 is 1.03 bits per heavy atom. The molecule has 150 valence electrons. The molecule has 0 fully saturated rings. The molecular weight excluding hydrogens is 392 g/mol. The highest BCUT2D eigenvalue weighted by Gasteiger charge is 2.19. The van der Waals surface area contributed by atoms with Crippen LogP contribution < -0.4 is 14.2 Å². The Morgan fingerprint density at radius 3 is 2.38 bits per heavy atom. The van der Waals surface area contributed by atoms with Gasteiger partial charge in [-0.25, -0.2) is 13.6 Å². The van der Waals surface area contributed by atoms with Crippen LogP contribution in [-0.2, 0) is 0 Å². The van der Waals surface area contributed by atoms with Crippen LogP contribution in [-0.4, -0.2) is 19.2 Å². The molecule has 0 amide bonds. The van der Waals surface area contributed by atoms with Gasteiger partial charge in [0.1, 0.15) is 18.1 Å². The minimum atomic E-state index is -3.37. The normalized spacial score (nSPS) is 10.8. The van der Waals surface area contributed by atoms with Crippen LogP contribution in [0.15, 0.2) is 61.2 Å². The van der Waals surface area contributed by atoms with Gasteiger partial charge < -0.3 is 14.2 Å². The highest BCUT2D eigenvalue weighted by molar-refractivity contribution is 5.92. The summed E-state index contributed by atoms with van der Waals surface area (Å²) in [5.41, 5.74) is 0.231. The number of carbonyl (C=O) groups is 1. The van der Waals surface area contributed by atoms with Gasteiger partial charge in [-0.2, -0.15) is 8.78 Å². The molecule has 3 rings (SSSR count). The molecule has 3 aromatic carbocycles. The van der Waals surface area contributed by atoms with Crippen LogP contribution >= 0.6 is 0 Å². The summed E-state index contributed by atoms with van der Waals surface area (Å²) < 4.78 is 67.2. The Morgan fingerprint density at radius 2 is 1.72 bits per heavy atom. The summed E-state index contributed by atoms with van der Waals surface area (Å²) in [5, 5.41) is -0.148. The van der Waals surface area contributed by atoms with Crippen molar-refractivity contribution in [2.75, 3.05) is 6.61 Å². The molecule has 4 nitrogen and oxygen atoms in total. The molecule has 3 aromatic rings. The van der Waals surface area contributed by atoms with Gasteiger partial charge in [-0.1, -0.05) is 12.7 Å². The molecule has 0 radical (unpaired) electrons. The van der Waals surface area contributed by atoms with E-state index in [2.05, 4.69) is 11.3 Å². The number of fused-ring (bicyclic) bond motifs is 1. The Balaban J connectivity index is 1.81. The van der Waals surface area contributed by atoms with Crippen molar-refractivity contribution >= 4 is 16.7 Å². The third-order valence-electron chi connectivity index (χ3n) is 3.83. The molecule has 0 aliphatic carbocycles. The van der Waals surface area contributed by atoms with E-state index in [1.165, 1.54) is 30.3 Å². The van der Waals surface area contributed by atoms with E-state index in [1.807, 2.05) is 0 Å². The van der Waals surface area contributed by atoms with Crippen LogP contribution in [0.4, 0.5) is 17.6 Å². The monoisotopic (exact) mass is 406 g/mol. The van der Waals surface area contributed by atoms with Gasteiger partial charge >= 0.3 is 12.6 Å². The highest BCUT2D eigenvalue weighted by atomic mass is 19.3. The first kappa shape index (κ1) is 20.2. The Kier molecular flexibility index (Phi) is 6.01. The minimum absolute atomic E-state index is 0.0140. The van der Waals surface area contributed by atoms with Crippen molar-refractivity contribution in [2.45, 2.75) is 6.61 Å². The molecule has 8 heteroatoms. The van der Waals surface area contributed by atoms with E-state index in [-0.39, 0.29) is 22.1 Å². The molecule has 0 aliphatic heterocycles. The first-order valence-electron chi connectivity index (χ1n) is 8.31. The molecule has 0 aliphatic rings. The molecule has 29 heavy (non-hydrogen) atoms. The molecular formula is C21H14F4O4. The van der Waals surface area contributed by atoms with E-state index in [4.69, 9.17) is 9.47 Å². The zero-order valence-corrected chi connectivity index (χ0v) is 14.8. The van der Waals surface area contributed by atoms with Gasteiger partial charge in [0, 0.05) is 5.39 Å². The zero-order chi connectivity index (χ0) is 21.0. The third-order valence-corrected chi connectivity index (χ3v) is 3.83. The molecule has 0 N–H and O–H groups in total. The van der Waals surface area contributed by atoms with Crippen molar-refractivity contribution in [2.24, 2.45) is 0 Å². The summed E-state index contributed by atoms with van der Waals surface area (Å²) in [6.07, 6.45) is 1.58. The summed E-state index contributed by atoms with van der Waals surface area (Å²) in [6, 6.07) is 10.6. The molecule has 0 saturated heterocycles. The van der Waals surface area contributed by atoms with Gasteiger partial charge in [0.25, 0.3) is 0 Å². The van der Waals surface area contributed by atoms with Crippen LogP contribution in [0.1, 0.15) is 10.4 Å². The number of halogens is 4. The quantitative estimate of drug-likeness (QED) is 0.225. The van der Waals surface area contributed by atoms with E-state index in [1.54, 1.807) is 18.2 Å². The largest absolute Gasteiger partial charge is 0.490 e. The second-order valence-corrected chi connectivity index (χ2v) is 5.78. The average Bonchev–Trinajstić information content (AvgIpc) is 2.69. The number of hydrogen-bond donors (Lipinski definition) is 0. The lowest BCUT2D eigenvalue weighted by molar-refractivity contribution is -0.0544. The van der Waals surface area contributed by atoms with Crippen LogP contribution in [0.2, 0.25) is 0 Å². The van der Waals surface area contributed by atoms with Crippen molar-refractivity contribution in [3.63, 3.8) is 0 Å². The second kappa shape index (κ2) is 8.64. The van der Waals surface area contributed by atoms with E-state index in [9.17, 15) is 22.4 Å². The van der Waals surface area contributed by atoms with Gasteiger partial charge in [0.2, 0.25) is 0 Å². The summed E-state index contributed by atoms with van der Waals surface area (Å²) in [4.78, 5) is 12.3. The van der Waals surface area contributed by atoms with Gasteiger partial charge in [0.15, 0.2) is 17.4 Å². The maximum atomic E-state index is 14.3. The van der Waals surface area contributed by atoms with Crippen LogP contribution in [0.5, 0.6) is 17.2 Å². The molecule has 0 saturated carbocycles. The van der Waals surface area contributed by atoms with Crippen molar-refractivity contribution in [3.8, 4) is 17.2 Å². The maximum absolute atomic E-state index is 14.3. The van der Waals surface area contributed by atoms with Crippen LogP contribution in [0, 0.1) is 11.6 Å². The fourth-order valence-corrected chi connectivity index (χ4v) is 2.56. The summed E-state index contributed by atoms with van der Waals surface area (Å²) >= 11 is 0. The first-order valence-corrected chi connectivity index (χ1v) is 8.31. The Hall–Kier alpha value is -3.55. The molecule has 0 heterocycles. The minimum Gasteiger partial charge on any atom is -0.490 e. The molecule has 0 bridgehead atoms. The Bertz CT molecular complexity index is 1050. The van der Waals surface area contributed by atoms with Gasteiger partial charge in [-0.05, 0) is 53.9 Å². The number of hydrogen-bond acceptors (Lipinski definition) is 4. The van der Waals surface area contributed by atoms with Gasteiger partial charge in [-0.3, -0.25) is 0 Å². The van der Waals surface area contributed by atoms with Crippen molar-refractivity contribution in [3.05, 3.63) is 78.4 Å². The van der Waals surface area contributed by atoms with E-state index < -0.39 is 30.0 Å². The second-order valence-electron chi connectivity index (χ2n) is 5.78. The van der Waals surface area contributed by atoms with E-state index in [0.29, 0.717) is 12.4 Å². The predicted molar refractivity (Wildman–Crippen MR) is 97.6 cm³/mol. The smallest absolute Gasteiger partial charge is 0.387 e. The fourth-order valence-electron chi connectivity index (χ4n) is 2.56. The van der Waals surface area contributed by atoms with Crippen molar-refractivity contribution in [1.29, 1.82) is 0 Å². The number of alkyl halides is 2. The Labute approximate surface area is 162 Å². The predicted octanol–water partition coefficient (Wildman–Crippen LogP) is 5.50. The third kappa shape index (κ3) is 4.66. The molecule has 0 atom stereocenters. The first-order chi connectivity index (χ1) is 13.9. The lowest BCUT2D eigenvalue weighted by atomic mass is 10.1. The fraction of sp³-hybridized carbons (Fsp3) is 0.0952. The summed E-state index contributed by atoms with van der Waals surface area (Å²) in [6.45, 7) is 0.479. The van der Waals surface area contributed by atoms with Crippen LogP contribution in [0.3, 0.4) is 0 Å². The SMILES string of the molecule is C=CCOc1ccc(C(=O)Oc2ccc3c(F)c(OC(F)F)c(F)cc3c2)cc1. The number of carbonyl (C=O) groups excluding carboxylic acids is 1. The van der Waals surface area contributed by atoms with Gasteiger partial charge in [0.05, 0.1) is 5.56 Å². The molecule has 0 aromatic heterocycles. The highest BCUT2D eigenvalue weighted by Crippen LogP contribution is 2.33. The number of esters is 1. The van der Waals surface area contributed by atoms with Crippen molar-refractivity contribution < 1.29 is 36.6 Å². The topological polar surface area (TPSA) is 44.8 Å². The lowest BCUT2D eigenvalue weighted by Crippen LogP contribution is -2.09. The molecule has 0 unspecified atom stereocenters. The van der Waals surface area contributed by atoms with E-state index >= 15 is 0 Å². The van der Waals surface area contributed by atoms with Gasteiger partial charge in [-0.15, -0.1) is 0 Å². The maximum Gasteiger partial charge on any atom is 0.387 e. The summed E-state index contributed by atoms with van der Waals surface area (Å²) in [5.74, 6) is -3.87.